The van der Waals surface area contributed by atoms with Gasteiger partial charge in [-0.05, 0) is 57.9 Å². The van der Waals surface area contributed by atoms with E-state index >= 15 is 0 Å². The van der Waals surface area contributed by atoms with Gasteiger partial charge in [0.05, 0.1) is 30.7 Å². The van der Waals surface area contributed by atoms with Crippen LogP contribution in [0, 0.1) is 0 Å². The lowest BCUT2D eigenvalue weighted by molar-refractivity contribution is -0.0495. The van der Waals surface area contributed by atoms with Gasteiger partial charge >= 0.3 is 12.7 Å². The van der Waals surface area contributed by atoms with Crippen molar-refractivity contribution in [2.24, 2.45) is 0 Å². The second-order valence-electron chi connectivity index (χ2n) is 12.8. The first-order valence-electron chi connectivity index (χ1n) is 15.7. The normalized spacial score (nSPS) is 14.3. The third kappa shape index (κ3) is 7.86. The molecule has 16 heteroatoms. The van der Waals surface area contributed by atoms with Crippen molar-refractivity contribution in [3.63, 3.8) is 0 Å². The Labute approximate surface area is 280 Å². The molecule has 1 aromatic carbocycles. The van der Waals surface area contributed by atoms with E-state index in [4.69, 9.17) is 14.6 Å². The van der Waals surface area contributed by atoms with Gasteiger partial charge in [0.25, 0.3) is 0 Å². The molecule has 4 aromatic heterocycles. The number of alkyl halides is 2. The van der Waals surface area contributed by atoms with Gasteiger partial charge in [-0.15, -0.1) is 16.9 Å². The number of amides is 1. The molecule has 0 unspecified atom stereocenters. The number of benzene rings is 1. The van der Waals surface area contributed by atoms with Crippen molar-refractivity contribution in [3.8, 4) is 17.0 Å². The molecule has 0 atom stereocenters. The van der Waals surface area contributed by atoms with E-state index in [1.165, 1.54) is 0 Å². The topological polar surface area (TPSA) is 130 Å². The van der Waals surface area contributed by atoms with E-state index in [1.807, 2.05) is 37.7 Å². The number of hydrogen-bond acceptors (Lipinski definition) is 10. The van der Waals surface area contributed by atoms with E-state index in [9.17, 15) is 13.6 Å². The molecule has 1 aliphatic rings. The predicted molar refractivity (Wildman–Crippen MR) is 177 cm³/mol. The van der Waals surface area contributed by atoms with E-state index in [0.717, 1.165) is 4.90 Å². The summed E-state index contributed by atoms with van der Waals surface area (Å²) in [5.41, 5.74) is 2.68. The van der Waals surface area contributed by atoms with Gasteiger partial charge in [0.1, 0.15) is 28.4 Å². The highest BCUT2D eigenvalue weighted by Gasteiger charge is 2.28. The fraction of sp³-hybridized carbons (Fsp3) is 0.438. The van der Waals surface area contributed by atoms with Crippen molar-refractivity contribution >= 4 is 34.9 Å². The SMILES string of the molecule is CC(C)Sc1ccc(OC(F)F)c(-c2nn(Cc3cn(C4CCN(C(=O)OC(C)(C)C)CC4)nn3)cc2Nc2cnn3cccnc23)c1. The Morgan fingerprint density at radius 3 is 2.67 bits per heavy atom. The van der Waals surface area contributed by atoms with Gasteiger partial charge in [-0.25, -0.2) is 19.0 Å². The fourth-order valence-electron chi connectivity index (χ4n) is 5.46. The van der Waals surface area contributed by atoms with Crippen LogP contribution in [0.2, 0.25) is 0 Å². The Bertz CT molecular complexity index is 1870. The molecule has 0 spiro atoms. The minimum absolute atomic E-state index is 0.00747. The van der Waals surface area contributed by atoms with Crippen LogP contribution in [0.25, 0.3) is 16.9 Å². The molecule has 0 radical (unpaired) electrons. The highest BCUT2D eigenvalue weighted by atomic mass is 32.2. The third-order valence-corrected chi connectivity index (χ3v) is 8.47. The van der Waals surface area contributed by atoms with Gasteiger partial charge in [0.15, 0.2) is 5.65 Å². The van der Waals surface area contributed by atoms with E-state index in [1.54, 1.807) is 68.8 Å². The molecule has 1 N–H and O–H groups in total. The summed E-state index contributed by atoms with van der Waals surface area (Å²) in [5, 5.41) is 21.6. The number of ether oxygens (including phenoxy) is 2. The lowest BCUT2D eigenvalue weighted by atomic mass is 10.1. The first kappa shape index (κ1) is 33.2. The van der Waals surface area contributed by atoms with Crippen LogP contribution >= 0.6 is 11.8 Å². The summed E-state index contributed by atoms with van der Waals surface area (Å²) in [5.74, 6) is 0.00747. The molecule has 0 aliphatic carbocycles. The summed E-state index contributed by atoms with van der Waals surface area (Å²) in [4.78, 5) is 19.5. The summed E-state index contributed by atoms with van der Waals surface area (Å²) in [6.07, 6.45) is 9.87. The molecule has 5 aromatic rings. The van der Waals surface area contributed by atoms with Gasteiger partial charge in [0.2, 0.25) is 0 Å². The monoisotopic (exact) mass is 680 g/mol. The lowest BCUT2D eigenvalue weighted by Crippen LogP contribution is -2.42. The average Bonchev–Trinajstić information content (AvgIpc) is 3.76. The first-order chi connectivity index (χ1) is 22.9. The number of halogens is 2. The number of likely N-dealkylation sites (tertiary alicyclic amines) is 1. The number of carbonyl (C=O) groups excluding carboxylic acids is 1. The third-order valence-electron chi connectivity index (χ3n) is 7.48. The number of rotatable bonds is 10. The largest absolute Gasteiger partial charge is 0.444 e. The molecular formula is C32H38F2N10O3S. The number of thioether (sulfide) groups is 1. The lowest BCUT2D eigenvalue weighted by Gasteiger charge is -2.33. The average molecular weight is 681 g/mol. The Hall–Kier alpha value is -4.73. The summed E-state index contributed by atoms with van der Waals surface area (Å²) >= 11 is 1.61. The maximum atomic E-state index is 13.6. The maximum absolute atomic E-state index is 13.6. The van der Waals surface area contributed by atoms with Crippen LogP contribution in [-0.4, -0.2) is 80.9 Å². The Balaban J connectivity index is 1.27. The van der Waals surface area contributed by atoms with Gasteiger partial charge < -0.3 is 19.7 Å². The van der Waals surface area contributed by atoms with E-state index < -0.39 is 12.2 Å². The van der Waals surface area contributed by atoms with Crippen LogP contribution in [0.3, 0.4) is 0 Å². The first-order valence-corrected chi connectivity index (χ1v) is 16.6. The summed E-state index contributed by atoms with van der Waals surface area (Å²) in [7, 11) is 0. The molecule has 1 saturated heterocycles. The van der Waals surface area contributed by atoms with Crippen molar-refractivity contribution in [1.29, 1.82) is 0 Å². The van der Waals surface area contributed by atoms with Crippen LogP contribution in [0.4, 0.5) is 25.0 Å². The molecule has 13 nitrogen and oxygen atoms in total. The van der Waals surface area contributed by atoms with Crippen LogP contribution in [0.5, 0.6) is 5.75 Å². The Morgan fingerprint density at radius 1 is 1.15 bits per heavy atom. The predicted octanol–water partition coefficient (Wildman–Crippen LogP) is 6.65. The van der Waals surface area contributed by atoms with Gasteiger partial charge in [0, 0.05) is 47.4 Å². The Morgan fingerprint density at radius 2 is 1.94 bits per heavy atom. The van der Waals surface area contributed by atoms with Crippen LogP contribution < -0.4 is 10.1 Å². The van der Waals surface area contributed by atoms with Crippen LogP contribution in [0.1, 0.15) is 59.2 Å². The smallest absolute Gasteiger partial charge is 0.410 e. The molecule has 0 bridgehead atoms. The minimum Gasteiger partial charge on any atom is -0.444 e. The number of aromatic nitrogens is 8. The molecule has 6 rings (SSSR count). The zero-order valence-corrected chi connectivity index (χ0v) is 28.2. The molecule has 5 heterocycles. The van der Waals surface area contributed by atoms with E-state index in [0.29, 0.717) is 59.9 Å². The number of piperidine rings is 1. The number of nitrogens with one attached hydrogen (secondary N) is 1. The minimum atomic E-state index is -3.01. The standard InChI is InChI=1S/C32H38F2N10O3S/c1-20(2)48-23-7-8-27(46-30(33)34)24(15-23)28-26(37-25-16-36-43-12-6-11-35-29(25)43)19-42(39-28)17-21-18-44(40-38-21)22-9-13-41(14-10-22)31(45)47-32(3,4)5/h6-8,11-12,15-16,18-20,22,30,37H,9-10,13-14,17H2,1-5H3. The molecule has 1 amide bonds. The number of carbonyl (C=O) groups is 1. The molecule has 1 fully saturated rings. The molecule has 1 aliphatic heterocycles. The number of anilines is 2. The van der Waals surface area contributed by atoms with Crippen LogP contribution in [-0.2, 0) is 11.3 Å². The van der Waals surface area contributed by atoms with E-state index in [-0.39, 0.29) is 29.7 Å². The summed E-state index contributed by atoms with van der Waals surface area (Å²) in [6.45, 7) is 8.05. The van der Waals surface area contributed by atoms with Gasteiger partial charge in [-0.2, -0.15) is 19.0 Å². The van der Waals surface area contributed by atoms with Crippen molar-refractivity contribution in [1.82, 2.24) is 44.3 Å². The Kier molecular flexibility index (Phi) is 9.53. The van der Waals surface area contributed by atoms with Crippen LogP contribution in [0.15, 0.2) is 60.1 Å². The highest BCUT2D eigenvalue weighted by molar-refractivity contribution is 7.99. The maximum Gasteiger partial charge on any atom is 0.410 e. The van der Waals surface area contributed by atoms with Crippen molar-refractivity contribution in [2.75, 3.05) is 18.4 Å². The molecule has 254 valence electrons. The molecular weight excluding hydrogens is 642 g/mol. The number of nitrogens with zero attached hydrogens (tertiary/aromatic N) is 9. The zero-order chi connectivity index (χ0) is 34.0. The second kappa shape index (κ2) is 13.8. The number of hydrogen-bond donors (Lipinski definition) is 1. The summed E-state index contributed by atoms with van der Waals surface area (Å²) < 4.78 is 42.7. The fourth-order valence-corrected chi connectivity index (χ4v) is 6.34. The van der Waals surface area contributed by atoms with Crippen molar-refractivity contribution in [3.05, 3.63) is 60.9 Å². The van der Waals surface area contributed by atoms with Gasteiger partial charge in [-0.3, -0.25) is 4.68 Å². The molecule has 0 saturated carbocycles. The van der Waals surface area contributed by atoms with Gasteiger partial charge in [-0.1, -0.05) is 19.1 Å². The zero-order valence-electron chi connectivity index (χ0n) is 27.4. The van der Waals surface area contributed by atoms with Crippen molar-refractivity contribution < 1.29 is 23.0 Å². The highest BCUT2D eigenvalue weighted by Crippen LogP contribution is 2.40. The molecule has 48 heavy (non-hydrogen) atoms. The quantitative estimate of drug-likeness (QED) is 0.160. The van der Waals surface area contributed by atoms with Crippen molar-refractivity contribution in [2.45, 2.75) is 82.4 Å². The second-order valence-corrected chi connectivity index (χ2v) is 14.4. The van der Waals surface area contributed by atoms with E-state index in [2.05, 4.69) is 39.6 Å². The summed E-state index contributed by atoms with van der Waals surface area (Å²) in [6, 6.07) is 6.98. The number of fused-ring (bicyclic) bond motifs is 1.